The normalized spacial score (nSPS) is 17.6. The van der Waals surface area contributed by atoms with Gasteiger partial charge in [0.2, 0.25) is 5.91 Å². The molecule has 2 N–H and O–H groups in total. The third kappa shape index (κ3) is 4.00. The quantitative estimate of drug-likeness (QED) is 0.881. The van der Waals surface area contributed by atoms with Gasteiger partial charge in [-0.15, -0.1) is 12.4 Å². The molecule has 1 fully saturated rings. The van der Waals surface area contributed by atoms with Crippen molar-refractivity contribution in [3.05, 3.63) is 35.9 Å². The molecule has 18 heavy (non-hydrogen) atoms. The number of nitrogens with one attached hydrogen (secondary N) is 2. The molecule has 0 saturated carbocycles. The summed E-state index contributed by atoms with van der Waals surface area (Å²) in [5.41, 5.74) is 1.08. The molecule has 3 nitrogen and oxygen atoms in total. The molecule has 2 rings (SSSR count). The van der Waals surface area contributed by atoms with E-state index in [9.17, 15) is 4.79 Å². The second-order valence-corrected chi connectivity index (χ2v) is 4.67. The fraction of sp³-hybridized carbons (Fsp3) is 0.500. The van der Waals surface area contributed by atoms with Crippen molar-refractivity contribution in [3.8, 4) is 0 Å². The van der Waals surface area contributed by atoms with Gasteiger partial charge in [-0.25, -0.2) is 0 Å². The molecule has 1 aromatic rings. The lowest BCUT2D eigenvalue weighted by Gasteiger charge is -2.25. The fourth-order valence-electron chi connectivity index (χ4n) is 2.19. The zero-order valence-corrected chi connectivity index (χ0v) is 11.5. The van der Waals surface area contributed by atoms with E-state index in [1.807, 2.05) is 37.3 Å². The summed E-state index contributed by atoms with van der Waals surface area (Å²) in [4.78, 5) is 12.1. The number of benzene rings is 1. The van der Waals surface area contributed by atoms with Crippen molar-refractivity contribution in [3.63, 3.8) is 0 Å². The van der Waals surface area contributed by atoms with Gasteiger partial charge in [0, 0.05) is 6.04 Å². The first-order chi connectivity index (χ1) is 8.27. The minimum absolute atomic E-state index is 0. The molecule has 4 heteroatoms. The summed E-state index contributed by atoms with van der Waals surface area (Å²) in [7, 11) is 0. The van der Waals surface area contributed by atoms with Crippen LogP contribution in [0.3, 0.4) is 0 Å². The highest BCUT2D eigenvalue weighted by Crippen LogP contribution is 2.15. The topological polar surface area (TPSA) is 41.1 Å². The predicted molar refractivity (Wildman–Crippen MR) is 76.1 cm³/mol. The Kier molecular flexibility index (Phi) is 6.16. The fourth-order valence-corrected chi connectivity index (χ4v) is 2.19. The number of hydrogen-bond acceptors (Lipinski definition) is 2. The average molecular weight is 269 g/mol. The summed E-state index contributed by atoms with van der Waals surface area (Å²) in [6.07, 6.45) is 2.07. The van der Waals surface area contributed by atoms with Crippen LogP contribution in [0.15, 0.2) is 30.3 Å². The van der Waals surface area contributed by atoms with Gasteiger partial charge in [0.25, 0.3) is 0 Å². The first-order valence-corrected chi connectivity index (χ1v) is 6.33. The maximum Gasteiger partial charge on any atom is 0.227 e. The summed E-state index contributed by atoms with van der Waals surface area (Å²) >= 11 is 0. The molecule has 100 valence electrons. The molecular formula is C14H21ClN2O. The Balaban J connectivity index is 0.00000162. The lowest BCUT2D eigenvalue weighted by molar-refractivity contribution is -0.123. The van der Waals surface area contributed by atoms with Gasteiger partial charge in [-0.1, -0.05) is 30.3 Å². The van der Waals surface area contributed by atoms with Crippen LogP contribution in [0.1, 0.15) is 31.2 Å². The Morgan fingerprint density at radius 1 is 1.28 bits per heavy atom. The van der Waals surface area contributed by atoms with Crippen LogP contribution >= 0.6 is 12.4 Å². The highest BCUT2D eigenvalue weighted by molar-refractivity contribution is 5.85. The maximum absolute atomic E-state index is 12.1. The van der Waals surface area contributed by atoms with Crippen LogP contribution in [-0.4, -0.2) is 25.0 Å². The number of piperidine rings is 1. The molecular weight excluding hydrogens is 248 g/mol. The minimum atomic E-state index is -0.0638. The second-order valence-electron chi connectivity index (χ2n) is 4.67. The molecule has 0 aliphatic carbocycles. The van der Waals surface area contributed by atoms with Crippen molar-refractivity contribution in [2.24, 2.45) is 0 Å². The molecule has 1 unspecified atom stereocenters. The van der Waals surface area contributed by atoms with Crippen molar-refractivity contribution in [2.75, 3.05) is 13.1 Å². The highest BCUT2D eigenvalue weighted by atomic mass is 35.5. The molecule has 1 aromatic carbocycles. The van der Waals surface area contributed by atoms with E-state index in [2.05, 4.69) is 10.6 Å². The Bertz CT molecular complexity index is 363. The molecule has 1 aliphatic rings. The number of amides is 1. The van der Waals surface area contributed by atoms with Crippen LogP contribution in [0, 0.1) is 0 Å². The zero-order chi connectivity index (χ0) is 12.1. The van der Waals surface area contributed by atoms with Crippen LogP contribution < -0.4 is 10.6 Å². The monoisotopic (exact) mass is 268 g/mol. The number of carbonyl (C=O) groups is 1. The van der Waals surface area contributed by atoms with Gasteiger partial charge in [-0.05, 0) is 38.4 Å². The molecule has 1 atom stereocenters. The van der Waals surface area contributed by atoms with E-state index >= 15 is 0 Å². The largest absolute Gasteiger partial charge is 0.353 e. The van der Waals surface area contributed by atoms with E-state index in [1.165, 1.54) is 0 Å². The molecule has 0 aromatic heterocycles. The third-order valence-corrected chi connectivity index (χ3v) is 3.38. The zero-order valence-electron chi connectivity index (χ0n) is 10.7. The number of carbonyl (C=O) groups excluding carboxylic acids is 1. The number of hydrogen-bond donors (Lipinski definition) is 2. The summed E-state index contributed by atoms with van der Waals surface area (Å²) in [6.45, 7) is 3.97. The van der Waals surface area contributed by atoms with Gasteiger partial charge in [-0.3, -0.25) is 4.79 Å². The van der Waals surface area contributed by atoms with Crippen LogP contribution in [-0.2, 0) is 4.79 Å². The van der Waals surface area contributed by atoms with Crippen molar-refractivity contribution in [1.29, 1.82) is 0 Å². The van der Waals surface area contributed by atoms with Gasteiger partial charge >= 0.3 is 0 Å². The number of rotatable bonds is 3. The van der Waals surface area contributed by atoms with Gasteiger partial charge in [-0.2, -0.15) is 0 Å². The Morgan fingerprint density at radius 3 is 2.50 bits per heavy atom. The third-order valence-electron chi connectivity index (χ3n) is 3.38. The van der Waals surface area contributed by atoms with Crippen molar-refractivity contribution in [1.82, 2.24) is 10.6 Å². The molecule has 0 bridgehead atoms. The van der Waals surface area contributed by atoms with Crippen LogP contribution in [0.5, 0.6) is 0 Å². The van der Waals surface area contributed by atoms with Gasteiger partial charge in [0.1, 0.15) is 0 Å². The standard InChI is InChI=1S/C14H20N2O.ClH/c1-11(12-5-3-2-4-6-12)14(17)16-13-7-9-15-10-8-13;/h2-6,11,13,15H,7-10H2,1H3,(H,16,17);1H. The van der Waals surface area contributed by atoms with Crippen molar-refractivity contribution < 1.29 is 4.79 Å². The van der Waals surface area contributed by atoms with E-state index in [0.29, 0.717) is 6.04 Å². The summed E-state index contributed by atoms with van der Waals surface area (Å²) in [5, 5.41) is 6.44. The van der Waals surface area contributed by atoms with Crippen LogP contribution in [0.25, 0.3) is 0 Å². The van der Waals surface area contributed by atoms with Crippen LogP contribution in [0.4, 0.5) is 0 Å². The molecule has 0 spiro atoms. The Hall–Kier alpha value is -1.06. The maximum atomic E-state index is 12.1. The van der Waals surface area contributed by atoms with Crippen LogP contribution in [0.2, 0.25) is 0 Å². The molecule has 1 aliphatic heterocycles. The van der Waals surface area contributed by atoms with E-state index in [-0.39, 0.29) is 24.2 Å². The lowest BCUT2D eigenvalue weighted by Crippen LogP contribution is -2.44. The van der Waals surface area contributed by atoms with Crippen molar-refractivity contribution in [2.45, 2.75) is 31.7 Å². The van der Waals surface area contributed by atoms with Gasteiger partial charge in [0.05, 0.1) is 5.92 Å². The summed E-state index contributed by atoms with van der Waals surface area (Å²) < 4.78 is 0. The van der Waals surface area contributed by atoms with E-state index in [0.717, 1.165) is 31.5 Å². The second kappa shape index (κ2) is 7.39. The molecule has 1 saturated heterocycles. The predicted octanol–water partition coefficient (Wildman–Crippen LogP) is 2.08. The smallest absolute Gasteiger partial charge is 0.227 e. The van der Waals surface area contributed by atoms with E-state index in [4.69, 9.17) is 0 Å². The van der Waals surface area contributed by atoms with E-state index in [1.54, 1.807) is 0 Å². The SMILES string of the molecule is CC(C(=O)NC1CCNCC1)c1ccccc1.Cl. The molecule has 0 radical (unpaired) electrons. The summed E-state index contributed by atoms with van der Waals surface area (Å²) in [5.74, 6) is 0.0779. The van der Waals surface area contributed by atoms with E-state index < -0.39 is 0 Å². The summed E-state index contributed by atoms with van der Waals surface area (Å²) in [6, 6.07) is 10.3. The van der Waals surface area contributed by atoms with Crippen molar-refractivity contribution >= 4 is 18.3 Å². The minimum Gasteiger partial charge on any atom is -0.353 e. The first-order valence-electron chi connectivity index (χ1n) is 6.33. The first kappa shape index (κ1) is 15.0. The molecule has 1 amide bonds. The number of halogens is 1. The average Bonchev–Trinajstić information content (AvgIpc) is 2.40. The Labute approximate surface area is 115 Å². The molecule has 1 heterocycles. The highest BCUT2D eigenvalue weighted by Gasteiger charge is 2.20. The van der Waals surface area contributed by atoms with Gasteiger partial charge < -0.3 is 10.6 Å². The Morgan fingerprint density at radius 2 is 1.89 bits per heavy atom. The lowest BCUT2D eigenvalue weighted by atomic mass is 9.99. The van der Waals surface area contributed by atoms with Gasteiger partial charge in [0.15, 0.2) is 0 Å².